The number of hydrogen-bond acceptors (Lipinski definition) is 3. The molecule has 1 rings (SSSR count). The molecule has 0 saturated heterocycles. The van der Waals surface area contributed by atoms with Gasteiger partial charge in [-0.15, -0.1) is 0 Å². The van der Waals surface area contributed by atoms with Crippen molar-refractivity contribution in [1.29, 1.82) is 0 Å². The van der Waals surface area contributed by atoms with Crippen LogP contribution in [-0.2, 0) is 4.74 Å². The highest BCUT2D eigenvalue weighted by Gasteiger charge is 2.26. The van der Waals surface area contributed by atoms with Crippen LogP contribution in [0.15, 0.2) is 0 Å². The molecule has 0 bridgehead atoms. The normalized spacial score (nSPS) is 27.9. The topological polar surface area (TPSA) is 47.3 Å². The van der Waals surface area contributed by atoms with E-state index in [4.69, 9.17) is 10.6 Å². The van der Waals surface area contributed by atoms with Gasteiger partial charge in [-0.2, -0.15) is 0 Å². The van der Waals surface area contributed by atoms with Crippen molar-refractivity contribution in [1.82, 2.24) is 5.43 Å². The van der Waals surface area contributed by atoms with Crippen LogP contribution in [0, 0.1) is 11.8 Å². The minimum atomic E-state index is 0.490. The van der Waals surface area contributed by atoms with Crippen LogP contribution in [0.5, 0.6) is 0 Å². The zero-order valence-electron chi connectivity index (χ0n) is 10.9. The highest BCUT2D eigenvalue weighted by atomic mass is 16.5. The first-order valence-electron chi connectivity index (χ1n) is 6.76. The van der Waals surface area contributed by atoms with Gasteiger partial charge < -0.3 is 4.74 Å². The minimum absolute atomic E-state index is 0.490. The molecular weight excluding hydrogens is 200 g/mol. The average Bonchev–Trinajstić information content (AvgIpc) is 2.35. The van der Waals surface area contributed by atoms with Crippen molar-refractivity contribution in [2.45, 2.75) is 57.9 Å². The van der Waals surface area contributed by atoms with Crippen molar-refractivity contribution in [3.05, 3.63) is 0 Å². The SMILES string of the molecule is CCC1CCCC(C(CCCOC)NN)C1. The first-order chi connectivity index (χ1) is 7.81. The first-order valence-corrected chi connectivity index (χ1v) is 6.76. The van der Waals surface area contributed by atoms with E-state index in [0.29, 0.717) is 6.04 Å². The molecule has 0 spiro atoms. The van der Waals surface area contributed by atoms with Crippen molar-refractivity contribution in [2.75, 3.05) is 13.7 Å². The second-order valence-corrected chi connectivity index (χ2v) is 5.11. The Labute approximate surface area is 100 Å². The van der Waals surface area contributed by atoms with Crippen LogP contribution in [0.3, 0.4) is 0 Å². The van der Waals surface area contributed by atoms with Crippen molar-refractivity contribution < 1.29 is 4.74 Å². The summed E-state index contributed by atoms with van der Waals surface area (Å²) in [5, 5.41) is 0. The van der Waals surface area contributed by atoms with Crippen LogP contribution < -0.4 is 11.3 Å². The maximum absolute atomic E-state index is 5.68. The van der Waals surface area contributed by atoms with Crippen molar-refractivity contribution >= 4 is 0 Å². The molecule has 0 aromatic heterocycles. The Morgan fingerprint density at radius 3 is 2.88 bits per heavy atom. The Morgan fingerprint density at radius 2 is 2.25 bits per heavy atom. The first kappa shape index (κ1) is 13.9. The molecule has 1 aliphatic carbocycles. The summed E-state index contributed by atoms with van der Waals surface area (Å²) < 4.78 is 5.10. The van der Waals surface area contributed by atoms with Gasteiger partial charge in [0.05, 0.1) is 0 Å². The molecular formula is C13H28N2O. The fourth-order valence-electron chi connectivity index (χ4n) is 2.97. The van der Waals surface area contributed by atoms with Gasteiger partial charge in [0.2, 0.25) is 0 Å². The molecule has 0 aromatic rings. The minimum Gasteiger partial charge on any atom is -0.385 e. The number of hydrazine groups is 1. The molecule has 3 N–H and O–H groups in total. The lowest BCUT2D eigenvalue weighted by molar-refractivity contribution is 0.166. The zero-order valence-corrected chi connectivity index (χ0v) is 10.9. The summed E-state index contributed by atoms with van der Waals surface area (Å²) in [7, 11) is 1.76. The average molecular weight is 228 g/mol. The van der Waals surface area contributed by atoms with Crippen LogP contribution >= 0.6 is 0 Å². The lowest BCUT2D eigenvalue weighted by atomic mass is 9.76. The van der Waals surface area contributed by atoms with Crippen LogP contribution in [-0.4, -0.2) is 19.8 Å². The van der Waals surface area contributed by atoms with Crippen molar-refractivity contribution in [3.8, 4) is 0 Å². The van der Waals surface area contributed by atoms with E-state index in [1.807, 2.05) is 0 Å². The molecule has 0 heterocycles. The number of ether oxygens (including phenoxy) is 1. The molecule has 3 heteroatoms. The number of hydrogen-bond donors (Lipinski definition) is 2. The Balaban J connectivity index is 2.32. The second-order valence-electron chi connectivity index (χ2n) is 5.11. The number of rotatable bonds is 7. The highest BCUT2D eigenvalue weighted by Crippen LogP contribution is 2.33. The maximum atomic E-state index is 5.68. The van der Waals surface area contributed by atoms with Crippen molar-refractivity contribution in [3.63, 3.8) is 0 Å². The molecule has 3 unspecified atom stereocenters. The van der Waals surface area contributed by atoms with Gasteiger partial charge in [-0.25, -0.2) is 0 Å². The third kappa shape index (κ3) is 4.40. The summed E-state index contributed by atoms with van der Waals surface area (Å²) in [5.74, 6) is 7.39. The lowest BCUT2D eigenvalue weighted by Gasteiger charge is -2.34. The van der Waals surface area contributed by atoms with Gasteiger partial charge in [-0.05, 0) is 37.5 Å². The summed E-state index contributed by atoms with van der Waals surface area (Å²) in [6.45, 7) is 3.16. The fourth-order valence-corrected chi connectivity index (χ4v) is 2.97. The molecule has 1 fully saturated rings. The Hall–Kier alpha value is -0.120. The predicted molar refractivity (Wildman–Crippen MR) is 68.0 cm³/mol. The van der Waals surface area contributed by atoms with E-state index in [2.05, 4.69) is 12.3 Å². The number of nitrogens with two attached hydrogens (primary N) is 1. The van der Waals surface area contributed by atoms with E-state index in [1.165, 1.54) is 32.1 Å². The molecule has 1 saturated carbocycles. The van der Waals surface area contributed by atoms with E-state index < -0.39 is 0 Å². The second kappa shape index (κ2) is 8.04. The summed E-state index contributed by atoms with van der Waals surface area (Å²) in [4.78, 5) is 0. The Bertz CT molecular complexity index is 175. The molecule has 16 heavy (non-hydrogen) atoms. The monoisotopic (exact) mass is 228 g/mol. The van der Waals surface area contributed by atoms with Crippen LogP contribution in [0.25, 0.3) is 0 Å². The molecule has 0 aliphatic heterocycles. The number of methoxy groups -OCH3 is 1. The molecule has 3 nitrogen and oxygen atoms in total. The number of nitrogens with one attached hydrogen (secondary N) is 1. The zero-order chi connectivity index (χ0) is 11.8. The smallest absolute Gasteiger partial charge is 0.0462 e. The lowest BCUT2D eigenvalue weighted by Crippen LogP contribution is -2.42. The largest absolute Gasteiger partial charge is 0.385 e. The van der Waals surface area contributed by atoms with Gasteiger partial charge in [0, 0.05) is 19.8 Å². The molecule has 0 aromatic carbocycles. The van der Waals surface area contributed by atoms with E-state index in [0.717, 1.165) is 31.3 Å². The van der Waals surface area contributed by atoms with Crippen LogP contribution in [0.1, 0.15) is 51.9 Å². The Kier molecular flexibility index (Phi) is 7.01. The third-order valence-corrected chi connectivity index (χ3v) is 4.05. The summed E-state index contributed by atoms with van der Waals surface area (Å²) in [6.07, 6.45) is 9.08. The molecule has 1 aliphatic rings. The van der Waals surface area contributed by atoms with Gasteiger partial charge in [0.15, 0.2) is 0 Å². The molecule has 0 amide bonds. The summed E-state index contributed by atoms with van der Waals surface area (Å²) in [5.41, 5.74) is 3.02. The summed E-state index contributed by atoms with van der Waals surface area (Å²) in [6, 6.07) is 0.490. The van der Waals surface area contributed by atoms with E-state index in [-0.39, 0.29) is 0 Å². The summed E-state index contributed by atoms with van der Waals surface area (Å²) >= 11 is 0. The Morgan fingerprint density at radius 1 is 1.44 bits per heavy atom. The van der Waals surface area contributed by atoms with Gasteiger partial charge in [-0.1, -0.05) is 26.2 Å². The van der Waals surface area contributed by atoms with Gasteiger partial charge >= 0.3 is 0 Å². The van der Waals surface area contributed by atoms with Crippen LogP contribution in [0.4, 0.5) is 0 Å². The molecule has 0 radical (unpaired) electrons. The van der Waals surface area contributed by atoms with Crippen LogP contribution in [0.2, 0.25) is 0 Å². The van der Waals surface area contributed by atoms with Crippen molar-refractivity contribution in [2.24, 2.45) is 17.7 Å². The molecule has 3 atom stereocenters. The van der Waals surface area contributed by atoms with Gasteiger partial charge in [0.1, 0.15) is 0 Å². The predicted octanol–water partition coefficient (Wildman–Crippen LogP) is 2.46. The van der Waals surface area contributed by atoms with Gasteiger partial charge in [0.25, 0.3) is 0 Å². The van der Waals surface area contributed by atoms with E-state index in [1.54, 1.807) is 7.11 Å². The third-order valence-electron chi connectivity index (χ3n) is 4.05. The maximum Gasteiger partial charge on any atom is 0.0462 e. The fraction of sp³-hybridized carbons (Fsp3) is 1.00. The standard InChI is InChI=1S/C13H28N2O/c1-3-11-6-4-7-12(10-11)13(15-14)8-5-9-16-2/h11-13,15H,3-10,14H2,1-2H3. The van der Waals surface area contributed by atoms with E-state index >= 15 is 0 Å². The molecule has 96 valence electrons. The quantitative estimate of drug-likeness (QED) is 0.400. The highest BCUT2D eigenvalue weighted by molar-refractivity contribution is 4.81. The van der Waals surface area contributed by atoms with E-state index in [9.17, 15) is 0 Å². The van der Waals surface area contributed by atoms with Gasteiger partial charge in [-0.3, -0.25) is 11.3 Å².